The quantitative estimate of drug-likeness (QED) is 0.128. The summed E-state index contributed by atoms with van der Waals surface area (Å²) in [6.45, 7) is 7.31. The van der Waals surface area contributed by atoms with E-state index in [-0.39, 0.29) is 26.3 Å². The number of nitrogens with zero attached hydrogens (tertiary/aromatic N) is 3. The second-order valence-corrected chi connectivity index (χ2v) is 19.5. The Morgan fingerprint density at radius 1 is 0.765 bits per heavy atom. The molecule has 1 unspecified atom stereocenters. The molecule has 1 fully saturated rings. The Labute approximate surface area is 316 Å². The van der Waals surface area contributed by atoms with E-state index in [0.29, 0.717) is 0 Å². The van der Waals surface area contributed by atoms with Crippen molar-refractivity contribution in [2.75, 3.05) is 4.90 Å². The Balaban J connectivity index is 0.000000161. The van der Waals surface area contributed by atoms with Crippen molar-refractivity contribution in [3.8, 4) is 11.3 Å². The zero-order valence-electron chi connectivity index (χ0n) is 29.4. The van der Waals surface area contributed by atoms with Crippen LogP contribution in [0.15, 0.2) is 132 Å². The van der Waals surface area contributed by atoms with Crippen LogP contribution in [0.1, 0.15) is 55.3 Å². The second kappa shape index (κ2) is 15.0. The molecule has 256 valence electrons. The molecule has 0 radical (unpaired) electrons. The minimum absolute atomic E-state index is 0. The van der Waals surface area contributed by atoms with Crippen LogP contribution < -0.4 is 10.1 Å². The number of aromatic nitrogens is 1. The van der Waals surface area contributed by atoms with Crippen LogP contribution in [0.3, 0.4) is 0 Å². The molecule has 1 aliphatic carbocycles. The van der Waals surface area contributed by atoms with Gasteiger partial charge in [-0.3, -0.25) is 0 Å². The number of rotatable bonds is 5. The van der Waals surface area contributed by atoms with Gasteiger partial charge in [0.15, 0.2) is 0 Å². The number of benzene rings is 5. The average molecular weight is 861 g/mol. The fourth-order valence-corrected chi connectivity index (χ4v) is 9.15. The molecule has 9 rings (SSSR count). The van der Waals surface area contributed by atoms with Crippen LogP contribution in [0.5, 0.6) is 0 Å². The molecule has 1 aliphatic heterocycles. The molecule has 5 aromatic carbocycles. The van der Waals surface area contributed by atoms with Gasteiger partial charge in [0.1, 0.15) is 5.58 Å². The predicted molar refractivity (Wildman–Crippen MR) is 211 cm³/mol. The molecule has 0 spiro atoms. The van der Waals surface area contributed by atoms with Gasteiger partial charge in [0.05, 0.1) is 8.07 Å². The van der Waals surface area contributed by atoms with Gasteiger partial charge in [0.2, 0.25) is 0 Å². The van der Waals surface area contributed by atoms with Crippen molar-refractivity contribution in [3.05, 3.63) is 156 Å². The fraction of sp³-hybridized carbons (Fsp3) is 0.222. The summed E-state index contributed by atoms with van der Waals surface area (Å²) in [5, 5.41) is 8.75. The largest absolute Gasteiger partial charge is 3.00 e. The van der Waals surface area contributed by atoms with Gasteiger partial charge in [-0.15, -0.1) is 47.6 Å². The van der Waals surface area contributed by atoms with E-state index in [2.05, 4.69) is 116 Å². The summed E-state index contributed by atoms with van der Waals surface area (Å²) in [6.07, 6.45) is 8.86. The van der Waals surface area contributed by atoms with Crippen LogP contribution in [0.25, 0.3) is 38.5 Å². The minimum atomic E-state index is -1.36. The van der Waals surface area contributed by atoms with Crippen molar-refractivity contribution in [2.24, 2.45) is 0 Å². The standard InChI is InChI=1S/C25H16N2O.C20H26NSi.Ir/c1-2-8-18(9-3-1)27-22-12-6-5-11-21(22)26-25(27)17-14-15-20-19-10-4-7-13-23(19)28-24(20)16-17;1-22(2,3)20-15-21-19(17-12-8-5-9-13-17)14-18(20)16-10-6-4-7-11-16;/h1-13,15-16,25H;5,8-9,12,14-16H,4,6-7,10-11H2,1-3H3;/q-2;-1;+3. The zero-order valence-corrected chi connectivity index (χ0v) is 32.8. The van der Waals surface area contributed by atoms with Crippen LogP contribution in [0.2, 0.25) is 19.6 Å². The Morgan fingerprint density at radius 2 is 1.51 bits per heavy atom. The molecule has 3 heterocycles. The maximum atomic E-state index is 6.09. The molecule has 0 bridgehead atoms. The summed E-state index contributed by atoms with van der Waals surface area (Å²) in [7, 11) is -1.36. The minimum Gasteiger partial charge on any atom is -0.661 e. The van der Waals surface area contributed by atoms with Crippen molar-refractivity contribution in [1.82, 2.24) is 4.98 Å². The summed E-state index contributed by atoms with van der Waals surface area (Å²) in [6, 6.07) is 48.2. The van der Waals surface area contributed by atoms with Crippen LogP contribution in [0.4, 0.5) is 17.1 Å². The summed E-state index contributed by atoms with van der Waals surface area (Å²) in [5.74, 6) is 0.737. The van der Waals surface area contributed by atoms with Crippen LogP contribution in [-0.4, -0.2) is 13.1 Å². The van der Waals surface area contributed by atoms with Gasteiger partial charge in [0.25, 0.3) is 0 Å². The third kappa shape index (κ3) is 7.19. The Kier molecular flexibility index (Phi) is 10.3. The van der Waals surface area contributed by atoms with E-state index >= 15 is 0 Å². The van der Waals surface area contributed by atoms with E-state index < -0.39 is 8.07 Å². The van der Waals surface area contributed by atoms with Crippen molar-refractivity contribution < 1.29 is 24.5 Å². The van der Waals surface area contributed by atoms with Gasteiger partial charge in [-0.1, -0.05) is 111 Å². The zero-order chi connectivity index (χ0) is 34.1. The predicted octanol–water partition coefficient (Wildman–Crippen LogP) is 12.4. The first kappa shape index (κ1) is 34.9. The van der Waals surface area contributed by atoms with Crippen molar-refractivity contribution >= 4 is 52.3 Å². The summed E-state index contributed by atoms with van der Waals surface area (Å²) in [5.41, 5.74) is 9.76. The number of para-hydroxylation sites is 4. The normalized spacial score (nSPS) is 15.8. The topological polar surface area (TPSA) is 43.4 Å². The SMILES string of the molecule is C[Si](C)(C)c1cnc(-c2[c-]cccc2)cc1C1CCCCC1.[Ir+3].[c-]1cc2c(cc1C1[N-]c3ccccc3N1c1ccccc1)oc1ccccc12. The summed E-state index contributed by atoms with van der Waals surface area (Å²) < 4.78 is 6.09. The fourth-order valence-electron chi connectivity index (χ4n) is 7.55. The summed E-state index contributed by atoms with van der Waals surface area (Å²) >= 11 is 0. The number of fused-ring (bicyclic) bond motifs is 4. The van der Waals surface area contributed by atoms with Crippen molar-refractivity contribution in [3.63, 3.8) is 0 Å². The molecule has 0 N–H and O–H groups in total. The first-order valence-electron chi connectivity index (χ1n) is 17.9. The number of hydrogen-bond acceptors (Lipinski definition) is 3. The van der Waals surface area contributed by atoms with E-state index in [4.69, 9.17) is 14.7 Å². The molecular weight excluding hydrogens is 819 g/mol. The van der Waals surface area contributed by atoms with Crippen LogP contribution in [-0.2, 0) is 20.1 Å². The van der Waals surface area contributed by atoms with Gasteiger partial charge in [-0.05, 0) is 65.5 Å². The second-order valence-electron chi connectivity index (χ2n) is 14.5. The van der Waals surface area contributed by atoms with E-state index in [9.17, 15) is 0 Å². The van der Waals surface area contributed by atoms with E-state index in [0.717, 1.165) is 61.7 Å². The smallest absolute Gasteiger partial charge is 0.661 e. The molecule has 1 saturated carbocycles. The van der Waals surface area contributed by atoms with E-state index in [1.165, 1.54) is 32.1 Å². The molecule has 4 nitrogen and oxygen atoms in total. The maximum Gasteiger partial charge on any atom is 3.00 e. The number of pyridine rings is 1. The Morgan fingerprint density at radius 3 is 2.29 bits per heavy atom. The molecular formula is C45H42IrN3OSi. The maximum absolute atomic E-state index is 6.09. The molecule has 6 heteroatoms. The molecule has 0 amide bonds. The van der Waals surface area contributed by atoms with Crippen LogP contribution >= 0.6 is 0 Å². The number of furan rings is 1. The first-order chi connectivity index (χ1) is 24.4. The third-order valence-corrected chi connectivity index (χ3v) is 12.1. The molecule has 51 heavy (non-hydrogen) atoms. The Bertz CT molecular complexity index is 2240. The van der Waals surface area contributed by atoms with Gasteiger partial charge in [-0.25, -0.2) is 0 Å². The molecule has 2 aromatic heterocycles. The molecule has 1 atom stereocenters. The first-order valence-corrected chi connectivity index (χ1v) is 21.4. The average Bonchev–Trinajstić information content (AvgIpc) is 3.74. The molecule has 2 aliphatic rings. The van der Waals surface area contributed by atoms with Gasteiger partial charge in [-0.2, -0.15) is 17.7 Å². The van der Waals surface area contributed by atoms with Crippen molar-refractivity contribution in [2.45, 2.75) is 63.8 Å². The van der Waals surface area contributed by atoms with Gasteiger partial charge >= 0.3 is 20.1 Å². The monoisotopic (exact) mass is 861 g/mol. The van der Waals surface area contributed by atoms with E-state index in [1.54, 1.807) is 10.8 Å². The van der Waals surface area contributed by atoms with E-state index in [1.807, 2.05) is 48.5 Å². The van der Waals surface area contributed by atoms with Gasteiger partial charge < -0.3 is 19.6 Å². The summed E-state index contributed by atoms with van der Waals surface area (Å²) in [4.78, 5) is 7.03. The third-order valence-electron chi connectivity index (χ3n) is 10.1. The number of hydrogen-bond donors (Lipinski definition) is 0. The molecule has 0 saturated heterocycles. The Hall–Kier alpha value is -4.48. The van der Waals surface area contributed by atoms with Gasteiger partial charge in [0, 0.05) is 23.2 Å². The number of anilines is 2. The van der Waals surface area contributed by atoms with Crippen molar-refractivity contribution in [1.29, 1.82) is 0 Å². The van der Waals surface area contributed by atoms with Crippen LogP contribution in [0, 0.1) is 12.1 Å². The molecule has 7 aromatic rings.